The molecule has 0 saturated carbocycles. The highest BCUT2D eigenvalue weighted by molar-refractivity contribution is 5.47. The molecule has 1 fully saturated rings. The maximum Gasteiger partial charge on any atom is 0.145 e. The Kier molecular flexibility index (Phi) is 4.18. The third-order valence-electron chi connectivity index (χ3n) is 3.09. The second kappa shape index (κ2) is 5.68. The molecule has 1 aromatic rings. The summed E-state index contributed by atoms with van der Waals surface area (Å²) < 4.78 is 5.20. The summed E-state index contributed by atoms with van der Waals surface area (Å²) in [6.45, 7) is 5.36. The van der Waals surface area contributed by atoms with Gasteiger partial charge in [-0.25, -0.2) is 15.8 Å². The molecule has 19 heavy (non-hydrogen) atoms. The molecule has 2 rings (SSSR count). The molecular weight excluding hydrogens is 246 g/mol. The number of rotatable bonds is 5. The van der Waals surface area contributed by atoms with Gasteiger partial charge in [-0.2, -0.15) is 0 Å². The molecule has 0 aromatic carbocycles. The van der Waals surface area contributed by atoms with Crippen molar-refractivity contribution < 1.29 is 9.84 Å². The molecular formula is C12H21N5O2. The Morgan fingerprint density at radius 3 is 2.79 bits per heavy atom. The minimum Gasteiger partial charge on any atom is -0.386 e. The maximum atomic E-state index is 10.2. The minimum absolute atomic E-state index is 0.201. The SMILES string of the molecule is CC(C)c1nc(NN)cc(NCC2(O)CCOC2)n1. The largest absolute Gasteiger partial charge is 0.386 e. The lowest BCUT2D eigenvalue weighted by atomic mass is 10.0. The average molecular weight is 267 g/mol. The van der Waals surface area contributed by atoms with E-state index in [1.54, 1.807) is 6.07 Å². The van der Waals surface area contributed by atoms with Crippen LogP contribution in [-0.4, -0.2) is 40.4 Å². The summed E-state index contributed by atoms with van der Waals surface area (Å²) in [6, 6.07) is 1.71. The van der Waals surface area contributed by atoms with Crippen LogP contribution >= 0.6 is 0 Å². The molecule has 1 aliphatic rings. The molecule has 1 atom stereocenters. The Morgan fingerprint density at radius 2 is 2.21 bits per heavy atom. The molecule has 0 spiro atoms. The topological polar surface area (TPSA) is 105 Å². The van der Waals surface area contributed by atoms with Gasteiger partial charge in [0.2, 0.25) is 0 Å². The normalized spacial score (nSPS) is 22.8. The van der Waals surface area contributed by atoms with Crippen LogP contribution < -0.4 is 16.6 Å². The van der Waals surface area contributed by atoms with E-state index in [-0.39, 0.29) is 5.92 Å². The van der Waals surface area contributed by atoms with Crippen molar-refractivity contribution in [3.05, 3.63) is 11.9 Å². The Morgan fingerprint density at radius 1 is 1.47 bits per heavy atom. The molecule has 2 heterocycles. The second-order valence-corrected chi connectivity index (χ2v) is 5.18. The van der Waals surface area contributed by atoms with E-state index in [2.05, 4.69) is 20.7 Å². The Hall–Kier alpha value is -1.44. The third-order valence-corrected chi connectivity index (χ3v) is 3.09. The number of hydrogen-bond donors (Lipinski definition) is 4. The van der Waals surface area contributed by atoms with Gasteiger partial charge in [0, 0.05) is 31.6 Å². The summed E-state index contributed by atoms with van der Waals surface area (Å²) in [6.07, 6.45) is 0.629. The van der Waals surface area contributed by atoms with Gasteiger partial charge >= 0.3 is 0 Å². The first-order chi connectivity index (χ1) is 9.02. The highest BCUT2D eigenvalue weighted by Gasteiger charge is 2.32. The minimum atomic E-state index is -0.820. The number of anilines is 2. The van der Waals surface area contributed by atoms with Gasteiger partial charge in [-0.15, -0.1) is 0 Å². The van der Waals surface area contributed by atoms with Crippen molar-refractivity contribution in [2.24, 2.45) is 5.84 Å². The molecule has 1 unspecified atom stereocenters. The van der Waals surface area contributed by atoms with Crippen LogP contribution in [0.4, 0.5) is 11.6 Å². The number of nitrogens with zero attached hydrogens (tertiary/aromatic N) is 2. The van der Waals surface area contributed by atoms with Crippen LogP contribution in [0.25, 0.3) is 0 Å². The molecule has 0 aliphatic carbocycles. The van der Waals surface area contributed by atoms with Crippen molar-refractivity contribution in [1.29, 1.82) is 0 Å². The predicted molar refractivity (Wildman–Crippen MR) is 72.8 cm³/mol. The summed E-state index contributed by atoms with van der Waals surface area (Å²) in [5.74, 6) is 7.49. The zero-order chi connectivity index (χ0) is 13.9. The van der Waals surface area contributed by atoms with Gasteiger partial charge in [0.05, 0.1) is 6.61 Å². The predicted octanol–water partition coefficient (Wildman–Crippen LogP) is 0.449. The van der Waals surface area contributed by atoms with E-state index in [1.807, 2.05) is 13.8 Å². The summed E-state index contributed by atoms with van der Waals surface area (Å²) in [7, 11) is 0. The highest BCUT2D eigenvalue weighted by atomic mass is 16.5. The molecule has 1 saturated heterocycles. The molecule has 1 aliphatic heterocycles. The number of aliphatic hydroxyl groups is 1. The molecule has 106 valence electrons. The molecule has 7 heteroatoms. The standard InChI is InChI=1S/C12H21N5O2/c1-8(2)11-15-9(5-10(16-11)17-13)14-6-12(18)3-4-19-7-12/h5,8,18H,3-4,6-7,13H2,1-2H3,(H2,14,15,16,17). The van der Waals surface area contributed by atoms with Gasteiger partial charge < -0.3 is 20.6 Å². The summed E-state index contributed by atoms with van der Waals surface area (Å²) in [5, 5.41) is 13.3. The lowest BCUT2D eigenvalue weighted by molar-refractivity contribution is 0.0381. The molecule has 7 nitrogen and oxygen atoms in total. The van der Waals surface area contributed by atoms with Crippen molar-refractivity contribution in [2.75, 3.05) is 30.5 Å². The van der Waals surface area contributed by atoms with Crippen LogP contribution in [0.15, 0.2) is 6.07 Å². The van der Waals surface area contributed by atoms with Gasteiger partial charge in [0.15, 0.2) is 0 Å². The van der Waals surface area contributed by atoms with E-state index in [0.717, 1.165) is 0 Å². The van der Waals surface area contributed by atoms with E-state index in [4.69, 9.17) is 10.6 Å². The van der Waals surface area contributed by atoms with E-state index in [1.165, 1.54) is 0 Å². The van der Waals surface area contributed by atoms with Crippen LogP contribution in [0.5, 0.6) is 0 Å². The molecule has 0 amide bonds. The van der Waals surface area contributed by atoms with Crippen molar-refractivity contribution >= 4 is 11.6 Å². The number of ether oxygens (including phenoxy) is 1. The zero-order valence-corrected chi connectivity index (χ0v) is 11.3. The summed E-state index contributed by atoms with van der Waals surface area (Å²) in [5.41, 5.74) is 1.70. The van der Waals surface area contributed by atoms with Crippen LogP contribution in [0.2, 0.25) is 0 Å². The number of aromatic nitrogens is 2. The lowest BCUT2D eigenvalue weighted by Crippen LogP contribution is -2.37. The van der Waals surface area contributed by atoms with E-state index in [0.29, 0.717) is 43.6 Å². The lowest BCUT2D eigenvalue weighted by Gasteiger charge is -2.21. The Balaban J connectivity index is 2.08. The fourth-order valence-corrected chi connectivity index (χ4v) is 1.88. The fourth-order valence-electron chi connectivity index (χ4n) is 1.88. The first kappa shape index (κ1) is 14.0. The maximum absolute atomic E-state index is 10.2. The summed E-state index contributed by atoms with van der Waals surface area (Å²) in [4.78, 5) is 8.68. The smallest absolute Gasteiger partial charge is 0.145 e. The summed E-state index contributed by atoms with van der Waals surface area (Å²) >= 11 is 0. The quantitative estimate of drug-likeness (QED) is 0.453. The van der Waals surface area contributed by atoms with Gasteiger partial charge in [-0.1, -0.05) is 13.8 Å². The van der Waals surface area contributed by atoms with Crippen molar-refractivity contribution in [3.63, 3.8) is 0 Å². The number of nitrogens with two attached hydrogens (primary N) is 1. The monoisotopic (exact) mass is 267 g/mol. The van der Waals surface area contributed by atoms with Crippen molar-refractivity contribution in [1.82, 2.24) is 9.97 Å². The Bertz CT molecular complexity index is 432. The molecule has 0 radical (unpaired) electrons. The number of nitrogens with one attached hydrogen (secondary N) is 2. The first-order valence-electron chi connectivity index (χ1n) is 6.42. The molecule has 1 aromatic heterocycles. The van der Waals surface area contributed by atoms with Crippen LogP contribution in [0.1, 0.15) is 32.0 Å². The zero-order valence-electron chi connectivity index (χ0n) is 11.3. The number of hydrogen-bond acceptors (Lipinski definition) is 7. The van der Waals surface area contributed by atoms with E-state index < -0.39 is 5.60 Å². The van der Waals surface area contributed by atoms with Crippen molar-refractivity contribution in [3.8, 4) is 0 Å². The first-order valence-corrected chi connectivity index (χ1v) is 6.42. The van der Waals surface area contributed by atoms with Crippen LogP contribution in [0.3, 0.4) is 0 Å². The Labute approximate surface area is 112 Å². The second-order valence-electron chi connectivity index (χ2n) is 5.18. The average Bonchev–Trinajstić information content (AvgIpc) is 2.83. The fraction of sp³-hybridized carbons (Fsp3) is 0.667. The van der Waals surface area contributed by atoms with Crippen LogP contribution in [-0.2, 0) is 4.74 Å². The van der Waals surface area contributed by atoms with E-state index in [9.17, 15) is 5.11 Å². The number of nitrogen functional groups attached to an aromatic ring is 1. The van der Waals surface area contributed by atoms with E-state index >= 15 is 0 Å². The van der Waals surface area contributed by atoms with Crippen molar-refractivity contribution in [2.45, 2.75) is 31.8 Å². The van der Waals surface area contributed by atoms with Gasteiger partial charge in [-0.05, 0) is 0 Å². The number of hydrazine groups is 1. The molecule has 0 bridgehead atoms. The van der Waals surface area contributed by atoms with Gasteiger partial charge in [0.25, 0.3) is 0 Å². The van der Waals surface area contributed by atoms with Crippen LogP contribution in [0, 0.1) is 0 Å². The van der Waals surface area contributed by atoms with Gasteiger partial charge in [0.1, 0.15) is 23.1 Å². The third kappa shape index (κ3) is 3.52. The highest BCUT2D eigenvalue weighted by Crippen LogP contribution is 2.20. The molecule has 5 N–H and O–H groups in total. The van der Waals surface area contributed by atoms with Gasteiger partial charge in [-0.3, -0.25) is 0 Å².